The number of nitrogens with two attached hydrogens (primary N) is 1. The van der Waals surface area contributed by atoms with Crippen LogP contribution < -0.4 is 11.1 Å². The molecular formula is C18H23N3O3S. The van der Waals surface area contributed by atoms with Gasteiger partial charge in [-0.15, -0.1) is 0 Å². The Morgan fingerprint density at radius 2 is 1.68 bits per heavy atom. The van der Waals surface area contributed by atoms with Gasteiger partial charge in [0.1, 0.15) is 0 Å². The number of sulfonamides is 1. The third-order valence-electron chi connectivity index (χ3n) is 3.68. The van der Waals surface area contributed by atoms with Crippen LogP contribution >= 0.6 is 0 Å². The molecule has 0 heterocycles. The van der Waals surface area contributed by atoms with Crippen molar-refractivity contribution in [1.29, 1.82) is 0 Å². The first-order chi connectivity index (χ1) is 11.9. The van der Waals surface area contributed by atoms with Crippen LogP contribution in [0.25, 0.3) is 0 Å². The molecule has 0 aliphatic carbocycles. The molecule has 7 heteroatoms. The number of carbonyl (C=O) groups is 1. The van der Waals surface area contributed by atoms with Crippen molar-refractivity contribution in [3.8, 4) is 0 Å². The summed E-state index contributed by atoms with van der Waals surface area (Å²) in [5, 5.41) is 2.62. The van der Waals surface area contributed by atoms with Crippen LogP contribution in [-0.2, 0) is 21.2 Å². The molecule has 3 N–H and O–H groups in total. The van der Waals surface area contributed by atoms with Crippen molar-refractivity contribution in [3.05, 3.63) is 60.2 Å². The molecule has 1 amide bonds. The minimum absolute atomic E-state index is 0.183. The number of amides is 1. The number of hydrogen-bond acceptors (Lipinski definition) is 4. The highest BCUT2D eigenvalue weighted by Gasteiger charge is 2.23. The zero-order valence-corrected chi connectivity index (χ0v) is 15.0. The van der Waals surface area contributed by atoms with Crippen LogP contribution in [-0.4, -0.2) is 38.3 Å². The smallest absolute Gasteiger partial charge is 0.243 e. The molecule has 2 aromatic carbocycles. The highest BCUT2D eigenvalue weighted by molar-refractivity contribution is 7.89. The number of benzene rings is 2. The quantitative estimate of drug-likeness (QED) is 0.750. The summed E-state index contributed by atoms with van der Waals surface area (Å²) in [5.74, 6) is -0.205. The van der Waals surface area contributed by atoms with Gasteiger partial charge in [0.2, 0.25) is 15.9 Å². The lowest BCUT2D eigenvalue weighted by atomic mass is 10.1. The van der Waals surface area contributed by atoms with Crippen molar-refractivity contribution in [3.63, 3.8) is 0 Å². The summed E-state index contributed by atoms with van der Waals surface area (Å²) in [6, 6.07) is 15.9. The molecule has 0 radical (unpaired) electrons. The van der Waals surface area contributed by atoms with Crippen molar-refractivity contribution in [2.24, 2.45) is 5.73 Å². The lowest BCUT2D eigenvalue weighted by Gasteiger charge is -2.21. The summed E-state index contributed by atoms with van der Waals surface area (Å²) in [7, 11) is -3.64. The van der Waals surface area contributed by atoms with Crippen molar-refractivity contribution >= 4 is 21.6 Å². The molecule has 0 aromatic heterocycles. The summed E-state index contributed by atoms with van der Waals surface area (Å²) in [5.41, 5.74) is 7.23. The van der Waals surface area contributed by atoms with Gasteiger partial charge in [-0.2, -0.15) is 4.31 Å². The second kappa shape index (κ2) is 8.75. The number of rotatable bonds is 8. The largest absolute Gasteiger partial charge is 0.329 e. The van der Waals surface area contributed by atoms with E-state index in [1.807, 2.05) is 30.3 Å². The number of carbonyl (C=O) groups excluding carboxylic acids is 1. The molecule has 0 aliphatic rings. The van der Waals surface area contributed by atoms with E-state index in [0.29, 0.717) is 18.7 Å². The van der Waals surface area contributed by atoms with Crippen LogP contribution in [0.4, 0.5) is 5.69 Å². The Morgan fingerprint density at radius 3 is 2.24 bits per heavy atom. The van der Waals surface area contributed by atoms with Gasteiger partial charge in [0.05, 0.1) is 4.90 Å². The minimum atomic E-state index is -3.64. The molecule has 134 valence electrons. The molecule has 0 aliphatic heterocycles. The lowest BCUT2D eigenvalue weighted by molar-refractivity contribution is -0.114. The number of nitrogens with zero attached hydrogens (tertiary/aromatic N) is 1. The van der Waals surface area contributed by atoms with Crippen LogP contribution in [0.1, 0.15) is 12.5 Å². The first-order valence-electron chi connectivity index (χ1n) is 8.05. The normalized spacial score (nSPS) is 11.5. The van der Waals surface area contributed by atoms with Gasteiger partial charge < -0.3 is 11.1 Å². The second-order valence-electron chi connectivity index (χ2n) is 5.63. The fraction of sp³-hybridized carbons (Fsp3) is 0.278. The predicted octanol–water partition coefficient (Wildman–Crippen LogP) is 1.84. The van der Waals surface area contributed by atoms with Crippen LogP contribution in [0.2, 0.25) is 0 Å². The maximum atomic E-state index is 12.9. The van der Waals surface area contributed by atoms with Crippen LogP contribution in [0.5, 0.6) is 0 Å². The topological polar surface area (TPSA) is 92.5 Å². The first kappa shape index (κ1) is 19.1. The Kier molecular flexibility index (Phi) is 6.69. The van der Waals surface area contributed by atoms with E-state index in [0.717, 1.165) is 5.56 Å². The summed E-state index contributed by atoms with van der Waals surface area (Å²) in [4.78, 5) is 11.2. The average Bonchev–Trinajstić information content (AvgIpc) is 2.59. The molecule has 25 heavy (non-hydrogen) atoms. The fourth-order valence-corrected chi connectivity index (χ4v) is 3.91. The van der Waals surface area contributed by atoms with Gasteiger partial charge >= 0.3 is 0 Å². The van der Waals surface area contributed by atoms with Crippen LogP contribution in [0, 0.1) is 0 Å². The molecule has 0 saturated carbocycles. The van der Waals surface area contributed by atoms with Gasteiger partial charge in [-0.1, -0.05) is 30.3 Å². The third-order valence-corrected chi connectivity index (χ3v) is 5.60. The van der Waals surface area contributed by atoms with Crippen molar-refractivity contribution in [2.75, 3.05) is 25.0 Å². The number of anilines is 1. The van der Waals surface area contributed by atoms with Crippen molar-refractivity contribution < 1.29 is 13.2 Å². The van der Waals surface area contributed by atoms with Crippen LogP contribution in [0.3, 0.4) is 0 Å². The first-order valence-corrected chi connectivity index (χ1v) is 9.49. The van der Waals surface area contributed by atoms with E-state index in [1.54, 1.807) is 12.1 Å². The summed E-state index contributed by atoms with van der Waals surface area (Å²) < 4.78 is 27.1. The average molecular weight is 361 g/mol. The van der Waals surface area contributed by atoms with E-state index in [4.69, 9.17) is 5.73 Å². The fourth-order valence-electron chi connectivity index (χ4n) is 2.46. The Balaban J connectivity index is 2.15. The molecule has 6 nitrogen and oxygen atoms in total. The zero-order chi connectivity index (χ0) is 18.3. The molecule has 2 rings (SSSR count). The highest BCUT2D eigenvalue weighted by Crippen LogP contribution is 2.19. The summed E-state index contributed by atoms with van der Waals surface area (Å²) in [6.07, 6.45) is 0.615. The van der Waals surface area contributed by atoms with E-state index < -0.39 is 10.0 Å². The molecular weight excluding hydrogens is 338 g/mol. The Hall–Kier alpha value is -2.22. The number of hydrogen-bond donors (Lipinski definition) is 2. The molecule has 2 aromatic rings. The highest BCUT2D eigenvalue weighted by atomic mass is 32.2. The molecule has 0 unspecified atom stereocenters. The summed E-state index contributed by atoms with van der Waals surface area (Å²) in [6.45, 7) is 2.26. The van der Waals surface area contributed by atoms with Gasteiger partial charge in [0.25, 0.3) is 0 Å². The minimum Gasteiger partial charge on any atom is -0.329 e. The number of nitrogens with one attached hydrogen (secondary N) is 1. The third kappa shape index (κ3) is 5.38. The van der Waals surface area contributed by atoms with E-state index in [-0.39, 0.29) is 23.9 Å². The molecule has 0 atom stereocenters. The maximum Gasteiger partial charge on any atom is 0.243 e. The SMILES string of the molecule is CC(=O)Nc1ccc(S(=O)(=O)N(CCN)CCc2ccccc2)cc1. The second-order valence-corrected chi connectivity index (χ2v) is 7.57. The molecule has 0 fully saturated rings. The maximum absolute atomic E-state index is 12.9. The molecule has 0 saturated heterocycles. The van der Waals surface area contributed by atoms with E-state index in [2.05, 4.69) is 5.32 Å². The lowest BCUT2D eigenvalue weighted by Crippen LogP contribution is -2.36. The standard InChI is InChI=1S/C18H23N3O3S/c1-15(22)20-17-7-9-18(10-8-17)25(23,24)21(14-12-19)13-11-16-5-3-2-4-6-16/h2-10H,11-14,19H2,1H3,(H,20,22). The van der Waals surface area contributed by atoms with Gasteiger partial charge in [0.15, 0.2) is 0 Å². The Bertz CT molecular complexity index is 790. The van der Waals surface area contributed by atoms with Crippen molar-refractivity contribution in [2.45, 2.75) is 18.2 Å². The van der Waals surface area contributed by atoms with Gasteiger partial charge in [0, 0.05) is 32.2 Å². The predicted molar refractivity (Wildman–Crippen MR) is 98.7 cm³/mol. The van der Waals surface area contributed by atoms with E-state index in [1.165, 1.54) is 23.4 Å². The Morgan fingerprint density at radius 1 is 1.04 bits per heavy atom. The zero-order valence-electron chi connectivity index (χ0n) is 14.2. The van der Waals surface area contributed by atoms with E-state index >= 15 is 0 Å². The monoisotopic (exact) mass is 361 g/mol. The van der Waals surface area contributed by atoms with Gasteiger partial charge in [-0.25, -0.2) is 8.42 Å². The van der Waals surface area contributed by atoms with Gasteiger partial charge in [-0.05, 0) is 36.2 Å². The van der Waals surface area contributed by atoms with Crippen molar-refractivity contribution in [1.82, 2.24) is 4.31 Å². The van der Waals surface area contributed by atoms with Crippen LogP contribution in [0.15, 0.2) is 59.5 Å². The van der Waals surface area contributed by atoms with Gasteiger partial charge in [-0.3, -0.25) is 4.79 Å². The Labute approximate surface area is 148 Å². The summed E-state index contributed by atoms with van der Waals surface area (Å²) >= 11 is 0. The van der Waals surface area contributed by atoms with E-state index in [9.17, 15) is 13.2 Å². The molecule has 0 spiro atoms. The molecule has 0 bridgehead atoms.